The predicted octanol–water partition coefficient (Wildman–Crippen LogP) is 2.54. The van der Waals surface area contributed by atoms with Crippen LogP contribution in [0, 0.1) is 5.41 Å². The van der Waals surface area contributed by atoms with E-state index in [2.05, 4.69) is 10.2 Å². The van der Waals surface area contributed by atoms with E-state index in [0.29, 0.717) is 24.7 Å². The summed E-state index contributed by atoms with van der Waals surface area (Å²) in [6.45, 7) is 11.0. The molecule has 1 aliphatic rings. The van der Waals surface area contributed by atoms with Gasteiger partial charge in [0.2, 0.25) is 11.8 Å². The average molecular weight is 366 g/mol. The molecule has 0 spiro atoms. The highest BCUT2D eigenvalue weighted by atomic mass is 35.5. The van der Waals surface area contributed by atoms with Crippen molar-refractivity contribution in [2.24, 2.45) is 5.41 Å². The molecule has 5 nitrogen and oxygen atoms in total. The van der Waals surface area contributed by atoms with Crippen LogP contribution in [0.15, 0.2) is 24.3 Å². The van der Waals surface area contributed by atoms with E-state index in [1.54, 1.807) is 0 Å². The van der Waals surface area contributed by atoms with E-state index in [9.17, 15) is 9.59 Å². The fourth-order valence-corrected chi connectivity index (χ4v) is 3.02. The normalized spacial score (nSPS) is 17.2. The molecule has 1 aromatic rings. The van der Waals surface area contributed by atoms with Gasteiger partial charge in [0.15, 0.2) is 0 Å². The van der Waals surface area contributed by atoms with Crippen molar-refractivity contribution < 1.29 is 9.59 Å². The molecule has 1 saturated heterocycles. The zero-order valence-corrected chi connectivity index (χ0v) is 16.3. The average Bonchev–Trinajstić information content (AvgIpc) is 2.59. The third kappa shape index (κ3) is 5.44. The Kier molecular flexibility index (Phi) is 6.47. The van der Waals surface area contributed by atoms with Gasteiger partial charge in [-0.15, -0.1) is 0 Å². The van der Waals surface area contributed by atoms with Crippen molar-refractivity contribution in [3.8, 4) is 0 Å². The highest BCUT2D eigenvalue weighted by Gasteiger charge is 2.32. The Morgan fingerprint density at radius 1 is 1.12 bits per heavy atom. The molecule has 138 valence electrons. The first kappa shape index (κ1) is 19.7. The number of piperazine rings is 1. The lowest BCUT2D eigenvalue weighted by Gasteiger charge is -2.39. The number of carbonyl (C=O) groups excluding carboxylic acids is 2. The number of hydrogen-bond donors (Lipinski definition) is 1. The summed E-state index contributed by atoms with van der Waals surface area (Å²) >= 11 is 5.87. The monoisotopic (exact) mass is 365 g/mol. The first-order valence-corrected chi connectivity index (χ1v) is 9.12. The quantitative estimate of drug-likeness (QED) is 0.892. The van der Waals surface area contributed by atoms with Crippen LogP contribution in [0.2, 0.25) is 5.02 Å². The Balaban J connectivity index is 1.81. The molecule has 0 radical (unpaired) electrons. The van der Waals surface area contributed by atoms with Gasteiger partial charge in [0.25, 0.3) is 0 Å². The summed E-state index contributed by atoms with van der Waals surface area (Å²) in [4.78, 5) is 28.8. The number of hydrogen-bond acceptors (Lipinski definition) is 3. The molecule has 1 unspecified atom stereocenters. The molecule has 1 aromatic carbocycles. The third-order valence-electron chi connectivity index (χ3n) is 4.55. The lowest BCUT2D eigenvalue weighted by Crippen LogP contribution is -2.56. The van der Waals surface area contributed by atoms with Crippen molar-refractivity contribution in [1.29, 1.82) is 0 Å². The summed E-state index contributed by atoms with van der Waals surface area (Å²) in [5, 5.41) is 3.66. The molecule has 0 aromatic heterocycles. The van der Waals surface area contributed by atoms with Crippen LogP contribution in [0.5, 0.6) is 0 Å². The van der Waals surface area contributed by atoms with Crippen LogP contribution >= 0.6 is 11.6 Å². The van der Waals surface area contributed by atoms with E-state index in [4.69, 9.17) is 11.6 Å². The molecule has 0 saturated carbocycles. The van der Waals surface area contributed by atoms with Gasteiger partial charge in [-0.25, -0.2) is 0 Å². The van der Waals surface area contributed by atoms with E-state index in [1.165, 1.54) is 0 Å². The summed E-state index contributed by atoms with van der Waals surface area (Å²) < 4.78 is 0. The molecule has 25 heavy (non-hydrogen) atoms. The summed E-state index contributed by atoms with van der Waals surface area (Å²) in [5.74, 6) is 0.178. The lowest BCUT2D eigenvalue weighted by molar-refractivity contribution is -0.142. The van der Waals surface area contributed by atoms with Gasteiger partial charge in [-0.05, 0) is 24.6 Å². The number of nitrogens with zero attached hydrogens (tertiary/aromatic N) is 2. The topological polar surface area (TPSA) is 52.7 Å². The highest BCUT2D eigenvalue weighted by Crippen LogP contribution is 2.19. The number of amides is 2. The molecule has 2 amide bonds. The first-order valence-electron chi connectivity index (χ1n) is 8.74. The van der Waals surface area contributed by atoms with Gasteiger partial charge in [0, 0.05) is 43.2 Å². The maximum atomic E-state index is 12.4. The van der Waals surface area contributed by atoms with Gasteiger partial charge in [-0.3, -0.25) is 14.5 Å². The number of carbonyl (C=O) groups is 2. The minimum Gasteiger partial charge on any atom is -0.351 e. The maximum absolute atomic E-state index is 12.4. The minimum absolute atomic E-state index is 0.00514. The Morgan fingerprint density at radius 3 is 2.20 bits per heavy atom. The van der Waals surface area contributed by atoms with E-state index in [0.717, 1.165) is 18.7 Å². The third-order valence-corrected chi connectivity index (χ3v) is 4.80. The van der Waals surface area contributed by atoms with Crippen molar-refractivity contribution in [2.45, 2.75) is 40.3 Å². The van der Waals surface area contributed by atoms with Crippen LogP contribution in [0.1, 0.15) is 33.3 Å². The molecule has 6 heteroatoms. The minimum atomic E-state index is -0.357. The Morgan fingerprint density at radius 2 is 1.68 bits per heavy atom. The molecule has 1 N–H and O–H groups in total. The Labute approximate surface area is 155 Å². The molecule has 0 aliphatic carbocycles. The van der Waals surface area contributed by atoms with Crippen LogP contribution in [-0.2, 0) is 16.1 Å². The zero-order chi connectivity index (χ0) is 18.6. The fourth-order valence-electron chi connectivity index (χ4n) is 2.89. The molecular formula is C19H28ClN3O2. The largest absolute Gasteiger partial charge is 0.351 e. The second-order valence-electron chi connectivity index (χ2n) is 7.60. The van der Waals surface area contributed by atoms with Crippen molar-refractivity contribution in [3.05, 3.63) is 34.9 Å². The van der Waals surface area contributed by atoms with Gasteiger partial charge in [-0.2, -0.15) is 0 Å². The van der Waals surface area contributed by atoms with Crippen LogP contribution in [-0.4, -0.2) is 53.8 Å². The number of benzene rings is 1. The van der Waals surface area contributed by atoms with Crippen molar-refractivity contribution in [3.63, 3.8) is 0 Å². The molecular weight excluding hydrogens is 338 g/mol. The van der Waals surface area contributed by atoms with E-state index in [-0.39, 0.29) is 23.3 Å². The van der Waals surface area contributed by atoms with E-state index in [1.807, 2.05) is 56.9 Å². The van der Waals surface area contributed by atoms with Crippen LogP contribution < -0.4 is 5.32 Å². The summed E-state index contributed by atoms with van der Waals surface area (Å²) in [6, 6.07) is 7.24. The van der Waals surface area contributed by atoms with Crippen LogP contribution in [0.3, 0.4) is 0 Å². The van der Waals surface area contributed by atoms with Gasteiger partial charge < -0.3 is 10.2 Å². The number of halogens is 1. The van der Waals surface area contributed by atoms with Gasteiger partial charge >= 0.3 is 0 Å². The van der Waals surface area contributed by atoms with Crippen LogP contribution in [0.4, 0.5) is 0 Å². The van der Waals surface area contributed by atoms with Crippen molar-refractivity contribution in [2.75, 3.05) is 26.2 Å². The van der Waals surface area contributed by atoms with Crippen LogP contribution in [0.25, 0.3) is 0 Å². The predicted molar refractivity (Wildman–Crippen MR) is 100 cm³/mol. The first-order chi connectivity index (χ1) is 11.7. The lowest BCUT2D eigenvalue weighted by atomic mass is 9.94. The number of rotatable bonds is 4. The second kappa shape index (κ2) is 8.19. The number of nitrogens with one attached hydrogen (secondary N) is 1. The van der Waals surface area contributed by atoms with Gasteiger partial charge in [-0.1, -0.05) is 44.5 Å². The molecule has 1 fully saturated rings. The smallest absolute Gasteiger partial charge is 0.237 e. The van der Waals surface area contributed by atoms with E-state index >= 15 is 0 Å². The van der Waals surface area contributed by atoms with Gasteiger partial charge in [0.1, 0.15) is 0 Å². The molecule has 1 atom stereocenters. The molecule has 0 bridgehead atoms. The highest BCUT2D eigenvalue weighted by molar-refractivity contribution is 6.30. The second-order valence-corrected chi connectivity index (χ2v) is 8.03. The Bertz CT molecular complexity index is 602. The van der Waals surface area contributed by atoms with Crippen molar-refractivity contribution in [1.82, 2.24) is 15.1 Å². The standard InChI is InChI=1S/C19H28ClN3O2/c1-14(17(24)21-13-15-5-7-16(20)8-6-15)22-9-11-23(12-10-22)18(25)19(2,3)4/h5-8,14H,9-13H2,1-4H3,(H,21,24). The summed E-state index contributed by atoms with van der Waals surface area (Å²) in [6.07, 6.45) is 0. The molecule has 1 aliphatic heterocycles. The summed E-state index contributed by atoms with van der Waals surface area (Å²) in [5.41, 5.74) is 0.662. The molecule has 2 rings (SSSR count). The Hall–Kier alpha value is -1.59. The van der Waals surface area contributed by atoms with Gasteiger partial charge in [0.05, 0.1) is 6.04 Å². The SMILES string of the molecule is CC(C(=O)NCc1ccc(Cl)cc1)N1CCN(C(=O)C(C)(C)C)CC1. The van der Waals surface area contributed by atoms with Crippen molar-refractivity contribution >= 4 is 23.4 Å². The zero-order valence-electron chi connectivity index (χ0n) is 15.5. The fraction of sp³-hybridized carbons (Fsp3) is 0.579. The summed E-state index contributed by atoms with van der Waals surface area (Å²) in [7, 11) is 0. The molecule has 1 heterocycles. The maximum Gasteiger partial charge on any atom is 0.237 e. The van der Waals surface area contributed by atoms with E-state index < -0.39 is 0 Å².